The quantitative estimate of drug-likeness (QED) is 0.549. The number of halogens is 1. The van der Waals surface area contributed by atoms with E-state index in [1.54, 1.807) is 0 Å². The molecule has 1 saturated carbocycles. The van der Waals surface area contributed by atoms with Crippen LogP contribution in [0.1, 0.15) is 54.7 Å². The highest BCUT2D eigenvalue weighted by atomic mass is 35.5. The summed E-state index contributed by atoms with van der Waals surface area (Å²) < 4.78 is 0. The monoisotopic (exact) mass is 355 g/mol. The Morgan fingerprint density at radius 1 is 0.880 bits per heavy atom. The van der Waals surface area contributed by atoms with Gasteiger partial charge in [0.25, 0.3) is 0 Å². The Balaban J connectivity index is 1.41. The van der Waals surface area contributed by atoms with Crippen LogP contribution in [0.25, 0.3) is 0 Å². The van der Waals surface area contributed by atoms with Gasteiger partial charge in [-0.2, -0.15) is 0 Å². The first kappa shape index (κ1) is 18.5. The molecule has 0 aromatic heterocycles. The van der Waals surface area contributed by atoms with Crippen LogP contribution in [0, 0.1) is 0 Å². The molecule has 0 heterocycles. The van der Waals surface area contributed by atoms with Crippen LogP contribution in [0.3, 0.4) is 0 Å². The van der Waals surface area contributed by atoms with Gasteiger partial charge < -0.3 is 4.90 Å². The van der Waals surface area contributed by atoms with Gasteiger partial charge in [0, 0.05) is 11.9 Å². The lowest BCUT2D eigenvalue weighted by molar-refractivity contribution is 0.322. The van der Waals surface area contributed by atoms with E-state index in [-0.39, 0.29) is 0 Å². The van der Waals surface area contributed by atoms with Crippen molar-refractivity contribution in [2.75, 3.05) is 13.6 Å². The van der Waals surface area contributed by atoms with Crippen molar-refractivity contribution in [3.8, 4) is 0 Å². The first-order valence-corrected chi connectivity index (χ1v) is 10.1. The van der Waals surface area contributed by atoms with Gasteiger partial charge in [-0.15, -0.1) is 11.6 Å². The number of hydrogen-bond donors (Lipinski definition) is 0. The Labute approximate surface area is 158 Å². The molecule has 134 valence electrons. The van der Waals surface area contributed by atoms with Crippen LogP contribution >= 0.6 is 11.6 Å². The van der Waals surface area contributed by atoms with Crippen molar-refractivity contribution in [3.63, 3.8) is 0 Å². The van der Waals surface area contributed by atoms with Crippen LogP contribution in [0.2, 0.25) is 0 Å². The van der Waals surface area contributed by atoms with E-state index in [4.69, 9.17) is 11.6 Å². The molecule has 1 nitrogen and oxygen atoms in total. The van der Waals surface area contributed by atoms with Gasteiger partial charge in [-0.1, -0.05) is 54.6 Å². The van der Waals surface area contributed by atoms with Crippen molar-refractivity contribution >= 4 is 11.6 Å². The number of aryl methyl sites for hydroxylation is 1. The first-order chi connectivity index (χ1) is 12.2. The predicted octanol–water partition coefficient (Wildman–Crippen LogP) is 6.02. The molecule has 0 unspecified atom stereocenters. The Hall–Kier alpha value is -1.31. The molecule has 0 saturated heterocycles. The third kappa shape index (κ3) is 5.87. The lowest BCUT2D eigenvalue weighted by Gasteiger charge is -2.25. The van der Waals surface area contributed by atoms with E-state index in [1.807, 2.05) is 0 Å². The summed E-state index contributed by atoms with van der Waals surface area (Å²) >= 11 is 6.22. The SMILES string of the molecule is CN(CCCc1ccc(C2CCC(Cl)CC2)cc1)Cc1ccccc1. The average Bonchev–Trinajstić information content (AvgIpc) is 2.64. The highest BCUT2D eigenvalue weighted by Gasteiger charge is 2.20. The third-order valence-corrected chi connectivity index (χ3v) is 5.84. The minimum absolute atomic E-state index is 0.406. The van der Waals surface area contributed by atoms with E-state index in [1.165, 1.54) is 48.8 Å². The molecule has 1 aliphatic carbocycles. The van der Waals surface area contributed by atoms with Crippen molar-refractivity contribution in [2.45, 2.75) is 56.4 Å². The second kappa shape index (κ2) is 9.40. The summed E-state index contributed by atoms with van der Waals surface area (Å²) in [6.07, 6.45) is 7.20. The van der Waals surface area contributed by atoms with Crippen molar-refractivity contribution < 1.29 is 0 Å². The maximum absolute atomic E-state index is 6.22. The minimum atomic E-state index is 0.406. The van der Waals surface area contributed by atoms with E-state index in [0.29, 0.717) is 5.38 Å². The lowest BCUT2D eigenvalue weighted by Crippen LogP contribution is -2.19. The third-order valence-electron chi connectivity index (χ3n) is 5.41. The summed E-state index contributed by atoms with van der Waals surface area (Å²) in [6.45, 7) is 2.17. The van der Waals surface area contributed by atoms with E-state index >= 15 is 0 Å². The molecule has 1 aliphatic rings. The van der Waals surface area contributed by atoms with E-state index in [9.17, 15) is 0 Å². The summed E-state index contributed by atoms with van der Waals surface area (Å²) in [4.78, 5) is 2.41. The molecule has 0 atom stereocenters. The molecule has 0 bridgehead atoms. The number of alkyl halides is 1. The molecule has 0 aliphatic heterocycles. The molecule has 1 fully saturated rings. The molecular weight excluding hydrogens is 326 g/mol. The molecule has 2 heteroatoms. The number of benzene rings is 2. The van der Waals surface area contributed by atoms with Gasteiger partial charge >= 0.3 is 0 Å². The Morgan fingerprint density at radius 2 is 1.56 bits per heavy atom. The summed E-state index contributed by atoms with van der Waals surface area (Å²) in [5.74, 6) is 0.723. The molecule has 2 aromatic carbocycles. The zero-order chi connectivity index (χ0) is 17.5. The van der Waals surface area contributed by atoms with Gasteiger partial charge in [-0.05, 0) is 74.7 Å². The molecular formula is C23H30ClN. The average molecular weight is 356 g/mol. The second-order valence-corrected chi connectivity index (χ2v) is 8.13. The standard InChI is InChI=1S/C23H30ClN/c1-25(18-20-6-3-2-4-7-20)17-5-8-19-9-11-21(12-10-19)22-13-15-23(24)16-14-22/h2-4,6-7,9-12,22-23H,5,8,13-18H2,1H3. The smallest absolute Gasteiger partial charge is 0.0336 e. The Kier molecular flexibility index (Phi) is 6.95. The van der Waals surface area contributed by atoms with E-state index in [0.717, 1.165) is 25.4 Å². The maximum Gasteiger partial charge on any atom is 0.0336 e. The first-order valence-electron chi connectivity index (χ1n) is 9.66. The largest absolute Gasteiger partial charge is 0.302 e. The van der Waals surface area contributed by atoms with Crippen LogP contribution in [-0.4, -0.2) is 23.9 Å². The highest BCUT2D eigenvalue weighted by molar-refractivity contribution is 6.20. The van der Waals surface area contributed by atoms with Crippen LogP contribution in [-0.2, 0) is 13.0 Å². The van der Waals surface area contributed by atoms with Crippen molar-refractivity contribution in [1.29, 1.82) is 0 Å². The lowest BCUT2D eigenvalue weighted by atomic mass is 9.83. The van der Waals surface area contributed by atoms with Gasteiger partial charge in [0.15, 0.2) is 0 Å². The number of hydrogen-bond acceptors (Lipinski definition) is 1. The summed E-state index contributed by atoms with van der Waals surface area (Å²) in [6, 6.07) is 20.1. The molecule has 0 radical (unpaired) electrons. The zero-order valence-electron chi connectivity index (χ0n) is 15.3. The Morgan fingerprint density at radius 3 is 2.24 bits per heavy atom. The van der Waals surface area contributed by atoms with Gasteiger partial charge in [0.05, 0.1) is 0 Å². The molecule has 0 spiro atoms. The molecule has 2 aromatic rings. The van der Waals surface area contributed by atoms with Crippen LogP contribution in [0.4, 0.5) is 0 Å². The maximum atomic E-state index is 6.22. The number of nitrogens with zero attached hydrogens (tertiary/aromatic N) is 1. The molecule has 0 amide bonds. The summed E-state index contributed by atoms with van der Waals surface area (Å²) in [7, 11) is 2.21. The van der Waals surface area contributed by atoms with E-state index in [2.05, 4.69) is 66.5 Å². The molecule has 0 N–H and O–H groups in total. The van der Waals surface area contributed by atoms with Crippen LogP contribution in [0.5, 0.6) is 0 Å². The minimum Gasteiger partial charge on any atom is -0.302 e. The molecule has 3 rings (SSSR count). The van der Waals surface area contributed by atoms with Crippen molar-refractivity contribution in [1.82, 2.24) is 4.90 Å². The summed E-state index contributed by atoms with van der Waals surface area (Å²) in [5.41, 5.74) is 4.36. The Bertz CT molecular complexity index is 614. The van der Waals surface area contributed by atoms with Gasteiger partial charge in [-0.3, -0.25) is 0 Å². The summed E-state index contributed by atoms with van der Waals surface area (Å²) in [5, 5.41) is 0.406. The van der Waals surface area contributed by atoms with Crippen molar-refractivity contribution in [2.24, 2.45) is 0 Å². The van der Waals surface area contributed by atoms with Gasteiger partial charge in [0.2, 0.25) is 0 Å². The topological polar surface area (TPSA) is 3.24 Å². The normalized spacial score (nSPS) is 20.8. The second-order valence-electron chi connectivity index (χ2n) is 7.52. The van der Waals surface area contributed by atoms with Crippen LogP contribution < -0.4 is 0 Å². The fourth-order valence-electron chi connectivity index (χ4n) is 3.87. The highest BCUT2D eigenvalue weighted by Crippen LogP contribution is 2.34. The van der Waals surface area contributed by atoms with Crippen LogP contribution in [0.15, 0.2) is 54.6 Å². The van der Waals surface area contributed by atoms with Gasteiger partial charge in [-0.25, -0.2) is 0 Å². The predicted molar refractivity (Wildman–Crippen MR) is 108 cm³/mol. The zero-order valence-corrected chi connectivity index (χ0v) is 16.1. The number of rotatable bonds is 7. The van der Waals surface area contributed by atoms with Crippen molar-refractivity contribution in [3.05, 3.63) is 71.3 Å². The fourth-order valence-corrected chi connectivity index (χ4v) is 4.12. The fraction of sp³-hybridized carbons (Fsp3) is 0.478. The molecule has 25 heavy (non-hydrogen) atoms. The van der Waals surface area contributed by atoms with Gasteiger partial charge in [0.1, 0.15) is 0 Å². The van der Waals surface area contributed by atoms with E-state index < -0.39 is 0 Å².